The molecular formula is C16H35In. The molecule has 0 aliphatic carbocycles. The van der Waals surface area contributed by atoms with Crippen LogP contribution < -0.4 is 0 Å². The zero-order chi connectivity index (χ0) is 13.1. The van der Waals surface area contributed by atoms with Gasteiger partial charge in [-0.05, 0) is 0 Å². The van der Waals surface area contributed by atoms with Gasteiger partial charge < -0.3 is 0 Å². The van der Waals surface area contributed by atoms with E-state index in [0.717, 1.165) is 7.35 Å². The molecule has 0 fully saturated rings. The predicted molar refractivity (Wildman–Crippen MR) is 83.4 cm³/mol. The Kier molecular flexibility index (Phi) is 12.5. The Labute approximate surface area is 118 Å². The molecule has 0 nitrogen and oxygen atoms in total. The molecule has 102 valence electrons. The zero-order valence-electron chi connectivity index (χ0n) is 13.1. The normalized spacial score (nSPS) is 11.5. The average Bonchev–Trinajstić information content (AvgIpc) is 2.26. The molecular weight excluding hydrogens is 307 g/mol. The standard InChI is InChI=1S/C10H21.2C3H7.In/c1-3-5-7-9-10-8-6-4-2;2*1-3-2;/h1,3-10H2,2H3;2*3H,1-2H3;. The van der Waals surface area contributed by atoms with E-state index in [1.807, 2.05) is 0 Å². The third kappa shape index (κ3) is 10.5. The van der Waals surface area contributed by atoms with Crippen molar-refractivity contribution in [1.82, 2.24) is 0 Å². The number of hydrogen-bond donors (Lipinski definition) is 0. The summed E-state index contributed by atoms with van der Waals surface area (Å²) in [6, 6.07) is 0. The summed E-state index contributed by atoms with van der Waals surface area (Å²) < 4.78 is 3.80. The van der Waals surface area contributed by atoms with E-state index in [1.54, 1.807) is 10.6 Å². The van der Waals surface area contributed by atoms with Crippen molar-refractivity contribution in [2.75, 3.05) is 0 Å². The molecule has 0 aromatic heterocycles. The molecule has 0 aliphatic rings. The molecule has 0 saturated heterocycles. The summed E-state index contributed by atoms with van der Waals surface area (Å²) in [6.45, 7) is 12.2. The van der Waals surface area contributed by atoms with Gasteiger partial charge in [-0.3, -0.25) is 0 Å². The fourth-order valence-corrected chi connectivity index (χ4v) is 13.3. The molecule has 0 amide bonds. The fourth-order valence-electron chi connectivity index (χ4n) is 2.95. The first-order chi connectivity index (χ1) is 8.09. The van der Waals surface area contributed by atoms with Crippen LogP contribution in [0.4, 0.5) is 0 Å². The van der Waals surface area contributed by atoms with Crippen molar-refractivity contribution >= 4 is 21.4 Å². The van der Waals surface area contributed by atoms with Crippen LogP contribution >= 0.6 is 0 Å². The van der Waals surface area contributed by atoms with Crippen LogP contribution in [0, 0.1) is 0 Å². The quantitative estimate of drug-likeness (QED) is 0.379. The van der Waals surface area contributed by atoms with Crippen molar-refractivity contribution in [3.8, 4) is 0 Å². The zero-order valence-corrected chi connectivity index (χ0v) is 16.4. The Balaban J connectivity index is 3.37. The molecule has 0 saturated carbocycles. The van der Waals surface area contributed by atoms with Crippen molar-refractivity contribution in [2.45, 2.75) is 97.5 Å². The van der Waals surface area contributed by atoms with Gasteiger partial charge in [-0.25, -0.2) is 0 Å². The van der Waals surface area contributed by atoms with Crippen LogP contribution in [0.15, 0.2) is 0 Å². The van der Waals surface area contributed by atoms with E-state index in [-0.39, 0.29) is 0 Å². The molecule has 0 rings (SSSR count). The fraction of sp³-hybridized carbons (Fsp3) is 1.00. The second kappa shape index (κ2) is 11.9. The van der Waals surface area contributed by atoms with Crippen LogP contribution in [0.1, 0.15) is 86.0 Å². The van der Waals surface area contributed by atoms with Gasteiger partial charge in [-0.2, -0.15) is 0 Å². The van der Waals surface area contributed by atoms with Gasteiger partial charge in [0.25, 0.3) is 0 Å². The monoisotopic (exact) mass is 342 g/mol. The molecule has 0 spiro atoms. The first-order valence-electron chi connectivity index (χ1n) is 8.09. The molecule has 0 aliphatic heterocycles. The molecule has 0 bridgehead atoms. The molecule has 0 aromatic carbocycles. The Morgan fingerprint density at radius 1 is 0.647 bits per heavy atom. The third-order valence-corrected chi connectivity index (χ3v) is 16.9. The third-order valence-electron chi connectivity index (χ3n) is 4.10. The van der Waals surface area contributed by atoms with Gasteiger partial charge in [-0.15, -0.1) is 0 Å². The van der Waals surface area contributed by atoms with Crippen LogP contribution in [-0.2, 0) is 0 Å². The van der Waals surface area contributed by atoms with Crippen molar-refractivity contribution in [2.24, 2.45) is 0 Å². The number of unbranched alkanes of at least 4 members (excludes halogenated alkanes) is 7. The van der Waals surface area contributed by atoms with Crippen LogP contribution in [0.25, 0.3) is 0 Å². The average molecular weight is 342 g/mol. The van der Waals surface area contributed by atoms with E-state index in [4.69, 9.17) is 0 Å². The maximum absolute atomic E-state index is 2.48. The second-order valence-corrected chi connectivity index (χ2v) is 19.5. The summed E-state index contributed by atoms with van der Waals surface area (Å²) in [5.74, 6) is 0. The molecule has 1 heteroatoms. The Morgan fingerprint density at radius 2 is 1.06 bits per heavy atom. The van der Waals surface area contributed by atoms with E-state index in [0.29, 0.717) is 0 Å². The Morgan fingerprint density at radius 3 is 1.47 bits per heavy atom. The van der Waals surface area contributed by atoms with Crippen LogP contribution in [0.2, 0.25) is 11.5 Å². The molecule has 0 heterocycles. The topological polar surface area (TPSA) is 0 Å². The molecule has 0 unspecified atom stereocenters. The summed E-state index contributed by atoms with van der Waals surface area (Å²) in [7, 11) is 0. The van der Waals surface area contributed by atoms with Gasteiger partial charge in [0.15, 0.2) is 0 Å². The molecule has 0 radical (unpaired) electrons. The second-order valence-electron chi connectivity index (χ2n) is 6.42. The maximum atomic E-state index is 2.48. The van der Waals surface area contributed by atoms with Gasteiger partial charge in [-0.1, -0.05) is 0 Å². The van der Waals surface area contributed by atoms with Crippen LogP contribution in [0.3, 0.4) is 0 Å². The summed E-state index contributed by atoms with van der Waals surface area (Å²) in [5.41, 5.74) is 0. The number of rotatable bonds is 11. The van der Waals surface area contributed by atoms with E-state index in [9.17, 15) is 0 Å². The van der Waals surface area contributed by atoms with Crippen molar-refractivity contribution < 1.29 is 0 Å². The summed E-state index contributed by atoms with van der Waals surface area (Å²) in [5, 5.41) is 0. The Hall–Kier alpha value is 0.870. The first kappa shape index (κ1) is 17.9. The summed E-state index contributed by atoms with van der Waals surface area (Å²) >= 11 is -1.16. The van der Waals surface area contributed by atoms with Crippen LogP contribution in [0.5, 0.6) is 0 Å². The summed E-state index contributed by atoms with van der Waals surface area (Å²) in [6.07, 6.45) is 11.8. The minimum absolute atomic E-state index is 1.07. The molecule has 17 heavy (non-hydrogen) atoms. The van der Waals surface area contributed by atoms with E-state index in [1.165, 1.54) is 44.9 Å². The molecule has 0 atom stereocenters. The molecule has 0 N–H and O–H groups in total. The SMILES string of the molecule is CCCCCCCCC[CH2][In]([CH](C)C)[CH](C)C. The van der Waals surface area contributed by atoms with Crippen LogP contribution in [-0.4, -0.2) is 21.4 Å². The minimum atomic E-state index is -1.16. The van der Waals surface area contributed by atoms with Crippen molar-refractivity contribution in [3.63, 3.8) is 0 Å². The first-order valence-corrected chi connectivity index (χ1v) is 14.2. The van der Waals surface area contributed by atoms with Gasteiger partial charge in [0.05, 0.1) is 0 Å². The van der Waals surface area contributed by atoms with Gasteiger partial charge in [0.2, 0.25) is 0 Å². The van der Waals surface area contributed by atoms with E-state index in [2.05, 4.69) is 34.6 Å². The van der Waals surface area contributed by atoms with Gasteiger partial charge in [0, 0.05) is 0 Å². The van der Waals surface area contributed by atoms with Gasteiger partial charge >= 0.3 is 119 Å². The number of hydrogen-bond acceptors (Lipinski definition) is 0. The molecule has 0 aromatic rings. The van der Waals surface area contributed by atoms with Crippen molar-refractivity contribution in [3.05, 3.63) is 0 Å². The predicted octanol–water partition coefficient (Wildman–Crippen LogP) is 6.44. The van der Waals surface area contributed by atoms with E-state index < -0.39 is 21.4 Å². The van der Waals surface area contributed by atoms with E-state index >= 15 is 0 Å². The van der Waals surface area contributed by atoms with Crippen molar-refractivity contribution in [1.29, 1.82) is 0 Å². The summed E-state index contributed by atoms with van der Waals surface area (Å²) in [4.78, 5) is 0. The Bertz CT molecular complexity index is 144. The van der Waals surface area contributed by atoms with Gasteiger partial charge in [0.1, 0.15) is 0 Å².